The Hall–Kier alpha value is -1.19. The summed E-state index contributed by atoms with van der Waals surface area (Å²) in [5.41, 5.74) is 10.2. The fraction of sp³-hybridized carbons (Fsp3) is 0.800. The largest absolute Gasteiger partial charge is 0.370 e. The lowest BCUT2D eigenvalue weighted by Gasteiger charge is -2.33. The first-order valence-electron chi connectivity index (χ1n) is 6.04. The van der Waals surface area contributed by atoms with Gasteiger partial charge in [0, 0.05) is 32.6 Å². The zero-order valence-corrected chi connectivity index (χ0v) is 11.5. The van der Waals surface area contributed by atoms with Gasteiger partial charge in [0.05, 0.1) is 11.5 Å². The van der Waals surface area contributed by atoms with Crippen LogP contribution in [0.25, 0.3) is 0 Å². The maximum atomic E-state index is 11.7. The molecule has 0 aromatic carbocycles. The highest BCUT2D eigenvalue weighted by Gasteiger charge is 2.27. The zero-order valence-electron chi connectivity index (χ0n) is 10.7. The lowest BCUT2D eigenvalue weighted by Crippen LogP contribution is -2.57. The summed E-state index contributed by atoms with van der Waals surface area (Å²) in [7, 11) is -3.34. The minimum Gasteiger partial charge on any atom is -0.370 e. The summed E-state index contributed by atoms with van der Waals surface area (Å²) in [5.74, 6) is -1.47. The fourth-order valence-electron chi connectivity index (χ4n) is 1.91. The Morgan fingerprint density at radius 2 is 1.95 bits per heavy atom. The molecule has 0 bridgehead atoms. The quantitative estimate of drug-likeness (QED) is 0.458. The molecule has 1 aliphatic rings. The minimum absolute atomic E-state index is 0.107. The van der Waals surface area contributed by atoms with Crippen LogP contribution >= 0.6 is 0 Å². The number of primary amides is 2. The second-order valence-electron chi connectivity index (χ2n) is 4.53. The van der Waals surface area contributed by atoms with Gasteiger partial charge >= 0.3 is 0 Å². The molecule has 2 amide bonds. The van der Waals surface area contributed by atoms with E-state index in [4.69, 9.17) is 11.5 Å². The summed E-state index contributed by atoms with van der Waals surface area (Å²) in [6.07, 6.45) is -0.177. The van der Waals surface area contributed by atoms with E-state index >= 15 is 0 Å². The molecule has 19 heavy (non-hydrogen) atoms. The van der Waals surface area contributed by atoms with Gasteiger partial charge in [0.25, 0.3) is 0 Å². The smallest absolute Gasteiger partial charge is 0.236 e. The van der Waals surface area contributed by atoms with E-state index in [1.54, 1.807) is 4.90 Å². The predicted molar refractivity (Wildman–Crippen MR) is 69.9 cm³/mol. The summed E-state index contributed by atoms with van der Waals surface area (Å²) in [6, 6.07) is -0.486. The number of nitrogens with zero attached hydrogens (tertiary/aromatic N) is 1. The summed E-state index contributed by atoms with van der Waals surface area (Å²) in [4.78, 5) is 23.6. The highest BCUT2D eigenvalue weighted by atomic mass is 32.2. The third-order valence-electron chi connectivity index (χ3n) is 3.03. The Balaban J connectivity index is 2.49. The summed E-state index contributed by atoms with van der Waals surface area (Å²) < 4.78 is 23.4. The molecule has 1 fully saturated rings. The molecule has 0 aromatic heterocycles. The molecule has 0 saturated carbocycles. The van der Waals surface area contributed by atoms with Crippen molar-refractivity contribution in [3.63, 3.8) is 0 Å². The van der Waals surface area contributed by atoms with Gasteiger partial charge in [0.2, 0.25) is 11.8 Å². The van der Waals surface area contributed by atoms with Crippen molar-refractivity contribution >= 4 is 21.7 Å². The Kier molecular flexibility index (Phi) is 5.70. The van der Waals surface area contributed by atoms with E-state index in [-0.39, 0.29) is 24.5 Å². The predicted octanol–water partition coefficient (Wildman–Crippen LogP) is -2.96. The molecular formula is C10H20N4O4S. The van der Waals surface area contributed by atoms with E-state index < -0.39 is 27.7 Å². The number of carbonyl (C=O) groups is 2. The average molecular weight is 292 g/mol. The number of carbonyl (C=O) groups excluding carboxylic acids is 2. The second kappa shape index (κ2) is 6.83. The van der Waals surface area contributed by atoms with E-state index in [1.165, 1.54) is 0 Å². The average Bonchev–Trinajstić information content (AvgIpc) is 2.34. The molecule has 1 saturated heterocycles. The first kappa shape index (κ1) is 15.9. The number of piperazine rings is 1. The first-order chi connectivity index (χ1) is 8.82. The molecule has 1 atom stereocenters. The third kappa shape index (κ3) is 5.53. The molecule has 1 aliphatic heterocycles. The molecule has 0 spiro atoms. The Morgan fingerprint density at radius 1 is 1.26 bits per heavy atom. The van der Waals surface area contributed by atoms with Crippen molar-refractivity contribution in [2.24, 2.45) is 11.5 Å². The number of amides is 2. The molecule has 1 unspecified atom stereocenters. The van der Waals surface area contributed by atoms with Gasteiger partial charge in [0.1, 0.15) is 6.04 Å². The number of nitrogens with one attached hydrogen (secondary N) is 1. The van der Waals surface area contributed by atoms with Crippen molar-refractivity contribution in [1.82, 2.24) is 10.2 Å². The van der Waals surface area contributed by atoms with Gasteiger partial charge in [-0.3, -0.25) is 14.5 Å². The van der Waals surface area contributed by atoms with Crippen molar-refractivity contribution in [3.8, 4) is 0 Å². The van der Waals surface area contributed by atoms with Crippen LogP contribution < -0.4 is 16.8 Å². The van der Waals surface area contributed by atoms with E-state index in [0.29, 0.717) is 19.6 Å². The molecule has 1 rings (SSSR count). The summed E-state index contributed by atoms with van der Waals surface area (Å²) >= 11 is 0. The van der Waals surface area contributed by atoms with Crippen molar-refractivity contribution in [2.75, 3.05) is 37.7 Å². The SMILES string of the molecule is NC(=O)CCS(=O)(=O)CCN1CCNCC1C(N)=O. The Morgan fingerprint density at radius 3 is 2.53 bits per heavy atom. The molecular weight excluding hydrogens is 272 g/mol. The van der Waals surface area contributed by atoms with E-state index in [2.05, 4.69) is 5.32 Å². The van der Waals surface area contributed by atoms with Gasteiger partial charge in [0.15, 0.2) is 9.84 Å². The monoisotopic (exact) mass is 292 g/mol. The van der Waals surface area contributed by atoms with Gasteiger partial charge in [-0.2, -0.15) is 0 Å². The number of nitrogens with two attached hydrogens (primary N) is 2. The van der Waals surface area contributed by atoms with E-state index in [1.807, 2.05) is 0 Å². The van der Waals surface area contributed by atoms with Crippen LogP contribution in [-0.2, 0) is 19.4 Å². The van der Waals surface area contributed by atoms with Gasteiger partial charge < -0.3 is 16.8 Å². The van der Waals surface area contributed by atoms with Crippen LogP contribution in [-0.4, -0.2) is 68.9 Å². The van der Waals surface area contributed by atoms with Crippen LogP contribution in [0, 0.1) is 0 Å². The normalized spacial score (nSPS) is 21.2. The van der Waals surface area contributed by atoms with Crippen LogP contribution in [0.2, 0.25) is 0 Å². The molecule has 0 aromatic rings. The van der Waals surface area contributed by atoms with Crippen molar-refractivity contribution in [3.05, 3.63) is 0 Å². The van der Waals surface area contributed by atoms with Gasteiger partial charge in [-0.1, -0.05) is 0 Å². The maximum absolute atomic E-state index is 11.7. The van der Waals surface area contributed by atoms with Crippen LogP contribution in [0.1, 0.15) is 6.42 Å². The summed E-state index contributed by atoms with van der Waals surface area (Å²) in [6.45, 7) is 1.91. The number of rotatable bonds is 7. The fourth-order valence-corrected chi connectivity index (χ4v) is 3.14. The van der Waals surface area contributed by atoms with Crippen molar-refractivity contribution in [2.45, 2.75) is 12.5 Å². The van der Waals surface area contributed by atoms with E-state index in [9.17, 15) is 18.0 Å². The van der Waals surface area contributed by atoms with Crippen molar-refractivity contribution < 1.29 is 18.0 Å². The Labute approximate surface area is 112 Å². The first-order valence-corrected chi connectivity index (χ1v) is 7.87. The van der Waals surface area contributed by atoms with Crippen LogP contribution in [0.4, 0.5) is 0 Å². The molecule has 5 N–H and O–H groups in total. The second-order valence-corrected chi connectivity index (χ2v) is 6.83. The lowest BCUT2D eigenvalue weighted by molar-refractivity contribution is -0.123. The molecule has 0 radical (unpaired) electrons. The van der Waals surface area contributed by atoms with Crippen LogP contribution in [0.15, 0.2) is 0 Å². The van der Waals surface area contributed by atoms with Crippen LogP contribution in [0.3, 0.4) is 0 Å². The van der Waals surface area contributed by atoms with Crippen LogP contribution in [0.5, 0.6) is 0 Å². The maximum Gasteiger partial charge on any atom is 0.236 e. The molecule has 110 valence electrons. The number of sulfone groups is 1. The highest BCUT2D eigenvalue weighted by molar-refractivity contribution is 7.91. The number of hydrogen-bond donors (Lipinski definition) is 3. The third-order valence-corrected chi connectivity index (χ3v) is 4.66. The van der Waals surface area contributed by atoms with Gasteiger partial charge in [-0.15, -0.1) is 0 Å². The van der Waals surface area contributed by atoms with Crippen molar-refractivity contribution in [1.29, 1.82) is 0 Å². The minimum atomic E-state index is -3.34. The zero-order chi connectivity index (χ0) is 14.5. The summed E-state index contributed by atoms with van der Waals surface area (Å²) in [5, 5.41) is 3.03. The topological polar surface area (TPSA) is 136 Å². The standard InChI is InChI=1S/C10H20N4O4S/c11-9(15)1-5-19(17,18)6-4-14-3-2-13-7-8(14)10(12)16/h8,13H,1-7H2,(H2,11,15)(H2,12,16). The van der Waals surface area contributed by atoms with Gasteiger partial charge in [-0.05, 0) is 0 Å². The van der Waals surface area contributed by atoms with E-state index in [0.717, 1.165) is 0 Å². The molecule has 1 heterocycles. The number of hydrogen-bond acceptors (Lipinski definition) is 6. The van der Waals surface area contributed by atoms with Gasteiger partial charge in [-0.25, -0.2) is 8.42 Å². The molecule has 8 nitrogen and oxygen atoms in total. The Bertz CT molecular complexity index is 437. The molecule has 9 heteroatoms. The molecule has 0 aliphatic carbocycles. The highest BCUT2D eigenvalue weighted by Crippen LogP contribution is 2.04. The lowest BCUT2D eigenvalue weighted by atomic mass is 10.2.